The molecule has 0 spiro atoms. The quantitative estimate of drug-likeness (QED) is 0.162. The maximum atomic E-state index is 7.27. The Morgan fingerprint density at radius 2 is 0.810 bits per heavy atom. The van der Waals surface area contributed by atoms with Gasteiger partial charge in [0, 0.05) is 16.3 Å². The molecule has 0 fully saturated rings. The first-order valence-corrected chi connectivity index (χ1v) is 21.8. The standard InChI is InChI=1S/C62H36O/c1-3-11-37(12-4-1)42-20-21-43-34-56-57(36-45(43)33-42)63-62-54(55-35-44-22-19-39-15-7-8-16-47(39)58(44)50-18-10-9-17-48(50)55)32-31-53(61(56)62)49-28-24-41-25-29-51-46(38-13-5-2-6-14-38)27-23-40-26-30-52(49)60(41)59(40)51/h1-36H. The van der Waals surface area contributed by atoms with E-state index in [1.165, 1.54) is 109 Å². The molecule has 0 atom stereocenters. The highest BCUT2D eigenvalue weighted by Gasteiger charge is 2.23. The van der Waals surface area contributed by atoms with E-state index in [9.17, 15) is 0 Å². The van der Waals surface area contributed by atoms with Crippen molar-refractivity contribution < 1.29 is 4.42 Å². The van der Waals surface area contributed by atoms with Crippen LogP contribution in [0.25, 0.3) is 142 Å². The molecular formula is C62H36O. The first-order chi connectivity index (χ1) is 31.2. The van der Waals surface area contributed by atoms with Crippen molar-refractivity contribution in [3.8, 4) is 44.5 Å². The van der Waals surface area contributed by atoms with Crippen LogP contribution in [-0.4, -0.2) is 0 Å². The number of hydrogen-bond acceptors (Lipinski definition) is 1. The number of hydrogen-bond donors (Lipinski definition) is 0. The Bertz CT molecular complexity index is 4180. The molecule has 0 aliphatic heterocycles. The molecule has 63 heavy (non-hydrogen) atoms. The van der Waals surface area contributed by atoms with Gasteiger partial charge in [0.05, 0.1) is 0 Å². The predicted molar refractivity (Wildman–Crippen MR) is 269 cm³/mol. The molecule has 14 rings (SSSR count). The highest BCUT2D eigenvalue weighted by Crippen LogP contribution is 2.49. The number of fused-ring (bicyclic) bond motifs is 9. The molecule has 290 valence electrons. The van der Waals surface area contributed by atoms with Crippen molar-refractivity contribution in [2.24, 2.45) is 0 Å². The van der Waals surface area contributed by atoms with Gasteiger partial charge in [-0.05, 0) is 145 Å². The minimum absolute atomic E-state index is 0.887. The van der Waals surface area contributed by atoms with Crippen LogP contribution in [0.15, 0.2) is 223 Å². The van der Waals surface area contributed by atoms with Crippen molar-refractivity contribution in [3.63, 3.8) is 0 Å². The molecule has 1 aromatic heterocycles. The van der Waals surface area contributed by atoms with Crippen molar-refractivity contribution in [1.82, 2.24) is 0 Å². The minimum atomic E-state index is 0.887. The van der Waals surface area contributed by atoms with E-state index in [1.54, 1.807) is 0 Å². The van der Waals surface area contributed by atoms with Crippen LogP contribution < -0.4 is 0 Å². The highest BCUT2D eigenvalue weighted by molar-refractivity contribution is 6.30. The van der Waals surface area contributed by atoms with Crippen molar-refractivity contribution in [2.75, 3.05) is 0 Å². The third-order valence-electron chi connectivity index (χ3n) is 13.8. The first-order valence-electron chi connectivity index (χ1n) is 21.8. The minimum Gasteiger partial charge on any atom is -0.455 e. The van der Waals surface area contributed by atoms with Crippen LogP contribution in [0.4, 0.5) is 0 Å². The second-order valence-electron chi connectivity index (χ2n) is 17.1. The topological polar surface area (TPSA) is 13.1 Å². The van der Waals surface area contributed by atoms with Crippen LogP contribution in [0.1, 0.15) is 0 Å². The summed E-state index contributed by atoms with van der Waals surface area (Å²) in [6.07, 6.45) is 0. The molecule has 0 saturated heterocycles. The summed E-state index contributed by atoms with van der Waals surface area (Å²) in [4.78, 5) is 0. The van der Waals surface area contributed by atoms with Crippen molar-refractivity contribution in [3.05, 3.63) is 218 Å². The van der Waals surface area contributed by atoms with Crippen molar-refractivity contribution in [2.45, 2.75) is 0 Å². The second-order valence-corrected chi connectivity index (χ2v) is 17.1. The molecule has 1 nitrogen and oxygen atoms in total. The van der Waals surface area contributed by atoms with E-state index in [0.717, 1.165) is 32.9 Å². The van der Waals surface area contributed by atoms with E-state index in [1.807, 2.05) is 0 Å². The molecule has 0 radical (unpaired) electrons. The zero-order valence-electron chi connectivity index (χ0n) is 34.2. The summed E-state index contributed by atoms with van der Waals surface area (Å²) in [6, 6.07) is 80.5. The fourth-order valence-electron chi connectivity index (χ4n) is 10.9. The molecule has 1 heteroatoms. The summed E-state index contributed by atoms with van der Waals surface area (Å²) in [7, 11) is 0. The van der Waals surface area contributed by atoms with Crippen LogP contribution in [0, 0.1) is 0 Å². The Balaban J connectivity index is 1.08. The van der Waals surface area contributed by atoms with E-state index >= 15 is 0 Å². The van der Waals surface area contributed by atoms with Crippen molar-refractivity contribution in [1.29, 1.82) is 0 Å². The third kappa shape index (κ3) is 5.05. The molecule has 0 aliphatic rings. The van der Waals surface area contributed by atoms with Crippen LogP contribution in [0.3, 0.4) is 0 Å². The molecule has 0 unspecified atom stereocenters. The van der Waals surface area contributed by atoms with Gasteiger partial charge in [-0.1, -0.05) is 188 Å². The Morgan fingerprint density at radius 3 is 1.60 bits per heavy atom. The summed E-state index contributed by atoms with van der Waals surface area (Å²) in [5, 5.41) is 19.7. The molecule has 0 N–H and O–H groups in total. The Morgan fingerprint density at radius 1 is 0.222 bits per heavy atom. The maximum Gasteiger partial charge on any atom is 0.143 e. The molecule has 13 aromatic carbocycles. The lowest BCUT2D eigenvalue weighted by atomic mass is 9.85. The van der Waals surface area contributed by atoms with E-state index in [2.05, 4.69) is 218 Å². The average Bonchev–Trinajstić information content (AvgIpc) is 3.73. The van der Waals surface area contributed by atoms with Crippen LogP contribution in [-0.2, 0) is 0 Å². The lowest BCUT2D eigenvalue weighted by molar-refractivity contribution is 0.670. The van der Waals surface area contributed by atoms with Crippen LogP contribution >= 0.6 is 0 Å². The Hall–Kier alpha value is -8.26. The zero-order chi connectivity index (χ0) is 41.2. The number of benzene rings is 13. The van der Waals surface area contributed by atoms with E-state index < -0.39 is 0 Å². The smallest absolute Gasteiger partial charge is 0.143 e. The van der Waals surface area contributed by atoms with Gasteiger partial charge in [-0.25, -0.2) is 0 Å². The van der Waals surface area contributed by atoms with Gasteiger partial charge in [0.15, 0.2) is 0 Å². The largest absolute Gasteiger partial charge is 0.455 e. The maximum absolute atomic E-state index is 7.27. The molecule has 14 aromatic rings. The van der Waals surface area contributed by atoms with Crippen molar-refractivity contribution >= 4 is 97.3 Å². The van der Waals surface area contributed by atoms with Gasteiger partial charge < -0.3 is 4.42 Å². The van der Waals surface area contributed by atoms with E-state index in [-0.39, 0.29) is 0 Å². The Labute approximate surface area is 363 Å². The molecule has 0 bridgehead atoms. The lowest BCUT2D eigenvalue weighted by Gasteiger charge is -2.18. The lowest BCUT2D eigenvalue weighted by Crippen LogP contribution is -1.91. The fourth-order valence-corrected chi connectivity index (χ4v) is 10.9. The normalized spacial score (nSPS) is 12.1. The van der Waals surface area contributed by atoms with Gasteiger partial charge in [0.2, 0.25) is 0 Å². The molecular weight excluding hydrogens is 761 g/mol. The summed E-state index contributed by atoms with van der Waals surface area (Å²) >= 11 is 0. The molecule has 0 saturated carbocycles. The van der Waals surface area contributed by atoms with Gasteiger partial charge in [0.25, 0.3) is 0 Å². The third-order valence-corrected chi connectivity index (χ3v) is 13.8. The summed E-state index contributed by atoms with van der Waals surface area (Å²) in [5.74, 6) is 0. The SMILES string of the molecule is c1ccc(-c2ccc3cc4c(cc3c2)oc2c(-c3cc5ccc6ccccc6c5c5ccccc35)ccc(-c3ccc5ccc6c(-c7ccccc7)ccc7ccc3c5c76)c24)cc1. The van der Waals surface area contributed by atoms with Gasteiger partial charge in [-0.3, -0.25) is 0 Å². The second kappa shape index (κ2) is 13.1. The average molecular weight is 797 g/mol. The molecule has 0 aliphatic carbocycles. The summed E-state index contributed by atoms with van der Waals surface area (Å²) in [6.45, 7) is 0. The van der Waals surface area contributed by atoms with Gasteiger partial charge >= 0.3 is 0 Å². The predicted octanol–water partition coefficient (Wildman–Crippen LogP) is 17.8. The monoisotopic (exact) mass is 796 g/mol. The van der Waals surface area contributed by atoms with E-state index in [0.29, 0.717) is 0 Å². The molecule has 1 heterocycles. The fraction of sp³-hybridized carbons (Fsp3) is 0. The van der Waals surface area contributed by atoms with Crippen LogP contribution in [0.5, 0.6) is 0 Å². The molecule has 0 amide bonds. The zero-order valence-corrected chi connectivity index (χ0v) is 34.2. The summed E-state index contributed by atoms with van der Waals surface area (Å²) in [5.41, 5.74) is 11.3. The van der Waals surface area contributed by atoms with Gasteiger partial charge in [-0.2, -0.15) is 0 Å². The number of furan rings is 1. The van der Waals surface area contributed by atoms with Crippen LogP contribution in [0.2, 0.25) is 0 Å². The van der Waals surface area contributed by atoms with Gasteiger partial charge in [-0.15, -0.1) is 0 Å². The van der Waals surface area contributed by atoms with Gasteiger partial charge in [0.1, 0.15) is 11.2 Å². The first kappa shape index (κ1) is 34.5. The van der Waals surface area contributed by atoms with E-state index in [4.69, 9.17) is 4.42 Å². The highest BCUT2D eigenvalue weighted by atomic mass is 16.3. The Kier molecular flexibility index (Phi) is 7.17. The summed E-state index contributed by atoms with van der Waals surface area (Å²) < 4.78 is 7.27. The number of rotatable bonds is 4.